The molecule has 0 aliphatic rings. The van der Waals surface area contributed by atoms with E-state index >= 15 is 0 Å². The van der Waals surface area contributed by atoms with Gasteiger partial charge in [0.2, 0.25) is 0 Å². The van der Waals surface area contributed by atoms with Crippen LogP contribution in [0.3, 0.4) is 0 Å². The van der Waals surface area contributed by atoms with Crippen molar-refractivity contribution in [1.82, 2.24) is 5.32 Å². The van der Waals surface area contributed by atoms with Gasteiger partial charge in [0.25, 0.3) is 0 Å². The fourth-order valence-electron chi connectivity index (χ4n) is 1.68. The van der Waals surface area contributed by atoms with Crippen LogP contribution in [0.1, 0.15) is 47.0 Å². The smallest absolute Gasteiger partial charge is 0.00361 e. The summed E-state index contributed by atoms with van der Waals surface area (Å²) < 4.78 is 0. The maximum absolute atomic E-state index is 5.74. The van der Waals surface area contributed by atoms with Crippen LogP contribution < -0.4 is 11.1 Å². The Balaban J connectivity index is 3.52. The first kappa shape index (κ1) is 13.9. The van der Waals surface area contributed by atoms with Crippen LogP contribution in [-0.4, -0.2) is 19.1 Å². The van der Waals surface area contributed by atoms with Gasteiger partial charge < -0.3 is 11.1 Å². The fourth-order valence-corrected chi connectivity index (χ4v) is 1.68. The van der Waals surface area contributed by atoms with E-state index in [0.717, 1.165) is 19.0 Å². The van der Waals surface area contributed by atoms with E-state index < -0.39 is 0 Å². The molecule has 2 nitrogen and oxygen atoms in total. The molecule has 0 bridgehead atoms. The molecule has 86 valence electrons. The predicted octanol–water partition coefficient (Wildman–Crippen LogP) is 2.39. The quantitative estimate of drug-likeness (QED) is 0.631. The first-order valence-corrected chi connectivity index (χ1v) is 6.03. The van der Waals surface area contributed by atoms with E-state index in [2.05, 4.69) is 33.0 Å². The molecule has 0 saturated heterocycles. The van der Waals surface area contributed by atoms with E-state index in [4.69, 9.17) is 5.73 Å². The van der Waals surface area contributed by atoms with Crippen molar-refractivity contribution in [1.29, 1.82) is 0 Å². The average Bonchev–Trinajstić information content (AvgIpc) is 2.15. The Kier molecular flexibility index (Phi) is 8.20. The van der Waals surface area contributed by atoms with Gasteiger partial charge in [0.1, 0.15) is 0 Å². The van der Waals surface area contributed by atoms with Gasteiger partial charge in [0, 0.05) is 6.04 Å². The summed E-state index contributed by atoms with van der Waals surface area (Å²) in [5.41, 5.74) is 5.74. The van der Waals surface area contributed by atoms with Gasteiger partial charge in [-0.2, -0.15) is 0 Å². The van der Waals surface area contributed by atoms with Crippen LogP contribution in [0.15, 0.2) is 0 Å². The second-order valence-electron chi connectivity index (χ2n) is 4.78. The van der Waals surface area contributed by atoms with Crippen molar-refractivity contribution in [3.05, 3.63) is 0 Å². The highest BCUT2D eigenvalue weighted by Gasteiger charge is 2.08. The summed E-state index contributed by atoms with van der Waals surface area (Å²) in [5, 5.41) is 3.51. The minimum atomic E-state index is 0.646. The molecule has 0 aliphatic heterocycles. The molecule has 2 unspecified atom stereocenters. The molecule has 0 aromatic rings. The first-order chi connectivity index (χ1) is 6.60. The lowest BCUT2D eigenvalue weighted by atomic mass is 9.94. The van der Waals surface area contributed by atoms with E-state index in [1.54, 1.807) is 0 Å². The van der Waals surface area contributed by atoms with Gasteiger partial charge in [0.15, 0.2) is 0 Å². The normalized spacial score (nSPS) is 15.9. The zero-order chi connectivity index (χ0) is 11.0. The van der Waals surface area contributed by atoms with Crippen LogP contribution in [0.2, 0.25) is 0 Å². The fraction of sp³-hybridized carbons (Fsp3) is 1.00. The van der Waals surface area contributed by atoms with Crippen LogP contribution in [0, 0.1) is 11.8 Å². The monoisotopic (exact) mass is 200 g/mol. The number of rotatable bonds is 8. The molecule has 0 fully saturated rings. The van der Waals surface area contributed by atoms with Gasteiger partial charge in [-0.3, -0.25) is 0 Å². The van der Waals surface area contributed by atoms with Gasteiger partial charge in [-0.1, -0.05) is 20.8 Å². The van der Waals surface area contributed by atoms with Crippen LogP contribution in [0.5, 0.6) is 0 Å². The summed E-state index contributed by atoms with van der Waals surface area (Å²) in [7, 11) is 0. The van der Waals surface area contributed by atoms with Gasteiger partial charge in [-0.25, -0.2) is 0 Å². The van der Waals surface area contributed by atoms with Crippen LogP contribution >= 0.6 is 0 Å². The summed E-state index contributed by atoms with van der Waals surface area (Å²) >= 11 is 0. The highest BCUT2D eigenvalue weighted by Crippen LogP contribution is 2.13. The highest BCUT2D eigenvalue weighted by molar-refractivity contribution is 4.65. The zero-order valence-electron chi connectivity index (χ0n) is 10.3. The second kappa shape index (κ2) is 8.25. The number of hydrogen-bond donors (Lipinski definition) is 2. The predicted molar refractivity (Wildman–Crippen MR) is 64.4 cm³/mol. The Morgan fingerprint density at radius 1 is 1.21 bits per heavy atom. The molecule has 0 aliphatic carbocycles. The Morgan fingerprint density at radius 2 is 1.86 bits per heavy atom. The maximum atomic E-state index is 5.74. The SMILES string of the molecule is CCC(C)NCCC(CN)CC(C)C. The molecule has 3 N–H and O–H groups in total. The molecule has 14 heavy (non-hydrogen) atoms. The zero-order valence-corrected chi connectivity index (χ0v) is 10.3. The van der Waals surface area contributed by atoms with Gasteiger partial charge in [-0.05, 0) is 51.1 Å². The lowest BCUT2D eigenvalue weighted by Gasteiger charge is -2.18. The highest BCUT2D eigenvalue weighted by atomic mass is 14.9. The van der Waals surface area contributed by atoms with Crippen LogP contribution in [0.4, 0.5) is 0 Å². The Labute approximate surface area is 89.6 Å². The largest absolute Gasteiger partial charge is 0.330 e. The van der Waals surface area contributed by atoms with Crippen molar-refractivity contribution in [3.8, 4) is 0 Å². The summed E-state index contributed by atoms with van der Waals surface area (Å²) in [6.45, 7) is 10.9. The second-order valence-corrected chi connectivity index (χ2v) is 4.78. The molecule has 0 amide bonds. The number of hydrogen-bond acceptors (Lipinski definition) is 2. The Hall–Kier alpha value is -0.0800. The van der Waals surface area contributed by atoms with E-state index in [-0.39, 0.29) is 0 Å². The molecule has 0 aromatic carbocycles. The van der Waals surface area contributed by atoms with Crippen molar-refractivity contribution in [3.63, 3.8) is 0 Å². The van der Waals surface area contributed by atoms with Gasteiger partial charge in [-0.15, -0.1) is 0 Å². The van der Waals surface area contributed by atoms with Gasteiger partial charge in [0.05, 0.1) is 0 Å². The summed E-state index contributed by atoms with van der Waals surface area (Å²) in [5.74, 6) is 1.47. The van der Waals surface area contributed by atoms with Gasteiger partial charge >= 0.3 is 0 Å². The van der Waals surface area contributed by atoms with E-state index in [0.29, 0.717) is 12.0 Å². The third kappa shape index (κ3) is 7.34. The molecule has 0 spiro atoms. The van der Waals surface area contributed by atoms with Crippen molar-refractivity contribution < 1.29 is 0 Å². The molecule has 2 heteroatoms. The molecule has 0 rings (SSSR count). The lowest BCUT2D eigenvalue weighted by molar-refractivity contribution is 0.376. The minimum Gasteiger partial charge on any atom is -0.330 e. The van der Waals surface area contributed by atoms with Crippen molar-refractivity contribution in [2.75, 3.05) is 13.1 Å². The summed E-state index contributed by atoms with van der Waals surface area (Å²) in [6.07, 6.45) is 3.69. The Bertz CT molecular complexity index is 123. The van der Waals surface area contributed by atoms with E-state index in [9.17, 15) is 0 Å². The number of nitrogens with two attached hydrogens (primary N) is 1. The Morgan fingerprint density at radius 3 is 2.29 bits per heavy atom. The van der Waals surface area contributed by atoms with Crippen LogP contribution in [0.25, 0.3) is 0 Å². The third-order valence-corrected chi connectivity index (χ3v) is 2.80. The minimum absolute atomic E-state index is 0.646. The lowest BCUT2D eigenvalue weighted by Crippen LogP contribution is -2.29. The summed E-state index contributed by atoms with van der Waals surface area (Å²) in [6, 6.07) is 0.646. The topological polar surface area (TPSA) is 38.0 Å². The molecule has 0 saturated carbocycles. The standard InChI is InChI=1S/C12H28N2/c1-5-11(4)14-7-6-12(9-13)8-10(2)3/h10-12,14H,5-9,13H2,1-4H3. The molecular formula is C12H28N2. The molecule has 0 heterocycles. The first-order valence-electron chi connectivity index (χ1n) is 6.03. The maximum Gasteiger partial charge on any atom is 0.00361 e. The van der Waals surface area contributed by atoms with Crippen molar-refractivity contribution in [2.24, 2.45) is 17.6 Å². The third-order valence-electron chi connectivity index (χ3n) is 2.80. The molecular weight excluding hydrogens is 172 g/mol. The molecule has 2 atom stereocenters. The van der Waals surface area contributed by atoms with Crippen molar-refractivity contribution >= 4 is 0 Å². The van der Waals surface area contributed by atoms with E-state index in [1.807, 2.05) is 0 Å². The summed E-state index contributed by atoms with van der Waals surface area (Å²) in [4.78, 5) is 0. The van der Waals surface area contributed by atoms with E-state index in [1.165, 1.54) is 19.3 Å². The number of nitrogens with one attached hydrogen (secondary N) is 1. The molecule has 0 aromatic heterocycles. The average molecular weight is 200 g/mol. The van der Waals surface area contributed by atoms with Crippen LogP contribution in [-0.2, 0) is 0 Å². The molecule has 0 radical (unpaired) electrons. The van der Waals surface area contributed by atoms with Crippen molar-refractivity contribution in [2.45, 2.75) is 53.0 Å².